The zero-order chi connectivity index (χ0) is 15.3. The van der Waals surface area contributed by atoms with Gasteiger partial charge in [-0.05, 0) is 32.4 Å². The Bertz CT molecular complexity index is 498. The van der Waals surface area contributed by atoms with Crippen molar-refractivity contribution in [2.24, 2.45) is 5.73 Å². The summed E-state index contributed by atoms with van der Waals surface area (Å²) in [5, 5.41) is 2.81. The van der Waals surface area contributed by atoms with Crippen LogP contribution in [0.1, 0.15) is 20.3 Å². The van der Waals surface area contributed by atoms with Crippen molar-refractivity contribution in [3.05, 3.63) is 18.2 Å². The highest BCUT2D eigenvalue weighted by atomic mass is 16.5. The fraction of sp³-hybridized carbons (Fsp3) is 0.533. The molecule has 6 heteroatoms. The number of ether oxygens (including phenoxy) is 3. The van der Waals surface area contributed by atoms with Crippen LogP contribution in [-0.4, -0.2) is 37.9 Å². The lowest BCUT2D eigenvalue weighted by molar-refractivity contribution is -0.121. The molecule has 1 aromatic carbocycles. The summed E-state index contributed by atoms with van der Waals surface area (Å²) in [5.74, 6) is 1.02. The van der Waals surface area contributed by atoms with Gasteiger partial charge in [0.25, 0.3) is 0 Å². The second-order valence-corrected chi connectivity index (χ2v) is 4.94. The Morgan fingerprint density at radius 1 is 1.33 bits per heavy atom. The second-order valence-electron chi connectivity index (χ2n) is 4.94. The van der Waals surface area contributed by atoms with Crippen LogP contribution in [0.25, 0.3) is 0 Å². The maximum atomic E-state index is 12.2. The number of anilines is 1. The number of carbonyl (C=O) groups is 1. The maximum Gasteiger partial charge on any atom is 0.246 e. The van der Waals surface area contributed by atoms with Gasteiger partial charge in [-0.15, -0.1) is 0 Å². The molecule has 0 aromatic heterocycles. The number of hydrogen-bond acceptors (Lipinski definition) is 5. The minimum Gasteiger partial charge on any atom is -0.490 e. The molecule has 1 saturated heterocycles. The van der Waals surface area contributed by atoms with E-state index in [0.717, 1.165) is 0 Å². The largest absolute Gasteiger partial charge is 0.490 e. The molecule has 0 bridgehead atoms. The van der Waals surface area contributed by atoms with Gasteiger partial charge < -0.3 is 25.3 Å². The molecule has 2 rings (SSSR count). The summed E-state index contributed by atoms with van der Waals surface area (Å²) in [5.41, 5.74) is 5.71. The molecule has 1 aliphatic heterocycles. The van der Waals surface area contributed by atoms with Gasteiger partial charge >= 0.3 is 0 Å². The van der Waals surface area contributed by atoms with E-state index in [1.165, 1.54) is 0 Å². The molecule has 0 radical (unpaired) electrons. The van der Waals surface area contributed by atoms with Gasteiger partial charge in [-0.25, -0.2) is 0 Å². The van der Waals surface area contributed by atoms with Crippen molar-refractivity contribution in [3.63, 3.8) is 0 Å². The number of nitrogens with one attached hydrogen (secondary N) is 1. The Balaban J connectivity index is 2.12. The minimum absolute atomic E-state index is 0.244. The highest BCUT2D eigenvalue weighted by Gasteiger charge is 2.38. The number of carbonyl (C=O) groups excluding carboxylic acids is 1. The molecular weight excluding hydrogens is 272 g/mol. The van der Waals surface area contributed by atoms with E-state index < -0.39 is 5.54 Å². The van der Waals surface area contributed by atoms with Crippen LogP contribution in [0.4, 0.5) is 5.69 Å². The van der Waals surface area contributed by atoms with Crippen LogP contribution in [-0.2, 0) is 9.53 Å². The Morgan fingerprint density at radius 3 is 2.67 bits per heavy atom. The average molecular weight is 294 g/mol. The van der Waals surface area contributed by atoms with E-state index in [0.29, 0.717) is 43.4 Å². The minimum atomic E-state index is -0.954. The quantitative estimate of drug-likeness (QED) is 0.831. The highest BCUT2D eigenvalue weighted by Crippen LogP contribution is 2.31. The third kappa shape index (κ3) is 3.65. The number of amides is 1. The molecule has 1 atom stereocenters. The van der Waals surface area contributed by atoms with E-state index in [1.807, 2.05) is 13.8 Å². The lowest BCUT2D eigenvalue weighted by Gasteiger charge is -2.21. The van der Waals surface area contributed by atoms with Gasteiger partial charge in [-0.2, -0.15) is 0 Å². The molecule has 116 valence electrons. The van der Waals surface area contributed by atoms with Crippen LogP contribution < -0.4 is 20.5 Å². The van der Waals surface area contributed by atoms with E-state index >= 15 is 0 Å². The molecule has 1 amide bonds. The van der Waals surface area contributed by atoms with Crippen molar-refractivity contribution in [2.75, 3.05) is 31.7 Å². The van der Waals surface area contributed by atoms with Crippen LogP contribution in [0.3, 0.4) is 0 Å². The molecule has 0 saturated carbocycles. The number of benzene rings is 1. The summed E-state index contributed by atoms with van der Waals surface area (Å²) in [6.07, 6.45) is 0.522. The Kier molecular flexibility index (Phi) is 5.03. The first kappa shape index (κ1) is 15.6. The standard InChI is InChI=1S/C15H22N2O4/c1-3-20-12-6-5-11(9-13(12)21-4-2)17-14(18)15(16)7-8-19-10-15/h5-6,9H,3-4,7-8,10,16H2,1-2H3,(H,17,18). The van der Waals surface area contributed by atoms with Crippen LogP contribution in [0.5, 0.6) is 11.5 Å². The van der Waals surface area contributed by atoms with Crippen molar-refractivity contribution in [2.45, 2.75) is 25.8 Å². The average Bonchev–Trinajstić information content (AvgIpc) is 2.90. The number of nitrogens with two attached hydrogens (primary N) is 1. The molecular formula is C15H22N2O4. The van der Waals surface area contributed by atoms with Gasteiger partial charge in [0.05, 0.1) is 19.8 Å². The summed E-state index contributed by atoms with van der Waals surface area (Å²) in [4.78, 5) is 12.2. The molecule has 1 aromatic rings. The van der Waals surface area contributed by atoms with Crippen LogP contribution in [0.2, 0.25) is 0 Å². The van der Waals surface area contributed by atoms with Gasteiger partial charge in [0.2, 0.25) is 5.91 Å². The van der Waals surface area contributed by atoms with E-state index in [9.17, 15) is 4.79 Å². The van der Waals surface area contributed by atoms with Crippen molar-refractivity contribution in [1.82, 2.24) is 0 Å². The lowest BCUT2D eigenvalue weighted by Crippen LogP contribution is -2.51. The molecule has 0 aliphatic carbocycles. The van der Waals surface area contributed by atoms with Gasteiger partial charge in [-0.1, -0.05) is 0 Å². The smallest absolute Gasteiger partial charge is 0.246 e. The summed E-state index contributed by atoms with van der Waals surface area (Å²) in [6.45, 7) is 5.63. The predicted octanol–water partition coefficient (Wildman–Crippen LogP) is 1.54. The SMILES string of the molecule is CCOc1ccc(NC(=O)C2(N)CCOC2)cc1OCC. The highest BCUT2D eigenvalue weighted by molar-refractivity contribution is 5.98. The predicted molar refractivity (Wildman–Crippen MR) is 79.8 cm³/mol. The molecule has 0 spiro atoms. The fourth-order valence-corrected chi connectivity index (χ4v) is 2.14. The van der Waals surface area contributed by atoms with Crippen molar-refractivity contribution in [3.8, 4) is 11.5 Å². The van der Waals surface area contributed by atoms with E-state index in [1.54, 1.807) is 18.2 Å². The maximum absolute atomic E-state index is 12.2. The van der Waals surface area contributed by atoms with E-state index in [2.05, 4.69) is 5.32 Å². The number of hydrogen-bond donors (Lipinski definition) is 2. The summed E-state index contributed by atoms with van der Waals surface area (Å²) in [7, 11) is 0. The van der Waals surface area contributed by atoms with Crippen molar-refractivity contribution in [1.29, 1.82) is 0 Å². The van der Waals surface area contributed by atoms with Crippen LogP contribution in [0, 0.1) is 0 Å². The zero-order valence-electron chi connectivity index (χ0n) is 12.5. The summed E-state index contributed by atoms with van der Waals surface area (Å²) >= 11 is 0. The molecule has 1 aliphatic rings. The lowest BCUT2D eigenvalue weighted by atomic mass is 9.99. The molecule has 3 N–H and O–H groups in total. The Morgan fingerprint density at radius 2 is 2.05 bits per heavy atom. The molecule has 1 fully saturated rings. The van der Waals surface area contributed by atoms with Crippen molar-refractivity contribution < 1.29 is 19.0 Å². The first-order valence-corrected chi connectivity index (χ1v) is 7.17. The van der Waals surface area contributed by atoms with E-state index in [4.69, 9.17) is 19.9 Å². The second kappa shape index (κ2) is 6.78. The van der Waals surface area contributed by atoms with Gasteiger partial charge in [0, 0.05) is 18.4 Å². The van der Waals surface area contributed by atoms with Gasteiger partial charge in [-0.3, -0.25) is 4.79 Å². The molecule has 6 nitrogen and oxygen atoms in total. The first-order chi connectivity index (χ1) is 10.1. The van der Waals surface area contributed by atoms with Crippen molar-refractivity contribution >= 4 is 11.6 Å². The third-order valence-electron chi connectivity index (χ3n) is 3.31. The first-order valence-electron chi connectivity index (χ1n) is 7.17. The van der Waals surface area contributed by atoms with Gasteiger partial charge in [0.15, 0.2) is 11.5 Å². The molecule has 1 heterocycles. The third-order valence-corrected chi connectivity index (χ3v) is 3.31. The Labute approximate surface area is 124 Å². The monoisotopic (exact) mass is 294 g/mol. The topological polar surface area (TPSA) is 82.8 Å². The van der Waals surface area contributed by atoms with Crippen LogP contribution >= 0.6 is 0 Å². The van der Waals surface area contributed by atoms with E-state index in [-0.39, 0.29) is 12.5 Å². The Hall–Kier alpha value is -1.79. The summed E-state index contributed by atoms with van der Waals surface area (Å²) < 4.78 is 16.2. The summed E-state index contributed by atoms with van der Waals surface area (Å²) in [6, 6.07) is 5.29. The number of rotatable bonds is 6. The fourth-order valence-electron chi connectivity index (χ4n) is 2.14. The molecule has 1 unspecified atom stereocenters. The van der Waals surface area contributed by atoms with Gasteiger partial charge in [0.1, 0.15) is 5.54 Å². The normalized spacial score (nSPS) is 21.1. The molecule has 21 heavy (non-hydrogen) atoms. The van der Waals surface area contributed by atoms with Crippen LogP contribution in [0.15, 0.2) is 18.2 Å². The zero-order valence-corrected chi connectivity index (χ0v) is 12.5.